The molecule has 2 rings (SSSR count). The van der Waals surface area contributed by atoms with Gasteiger partial charge in [-0.1, -0.05) is 41.0 Å². The minimum Gasteiger partial charge on any atom is -0.383 e. The molecule has 0 fully saturated rings. The van der Waals surface area contributed by atoms with Crippen LogP contribution in [-0.4, -0.2) is 40.1 Å². The van der Waals surface area contributed by atoms with Crippen LogP contribution in [0.5, 0.6) is 0 Å². The standard InChI is InChI=1S/C15H18Cl2N4O2S/c1-10(12-4-3-11(16)7-13(12)17)19-14(22)8-24-15-20-18-9-21(15)5-6-23-2/h3-4,7,9-10H,5-6,8H2,1-2H3,(H,19,22). The van der Waals surface area contributed by atoms with Gasteiger partial charge < -0.3 is 14.6 Å². The van der Waals surface area contributed by atoms with E-state index < -0.39 is 0 Å². The van der Waals surface area contributed by atoms with Gasteiger partial charge >= 0.3 is 0 Å². The second-order valence-electron chi connectivity index (χ2n) is 5.04. The van der Waals surface area contributed by atoms with Crippen LogP contribution in [0, 0.1) is 0 Å². The van der Waals surface area contributed by atoms with E-state index in [2.05, 4.69) is 15.5 Å². The minimum absolute atomic E-state index is 0.111. The summed E-state index contributed by atoms with van der Waals surface area (Å²) in [5.74, 6) is 0.126. The van der Waals surface area contributed by atoms with Crippen molar-refractivity contribution >= 4 is 40.9 Å². The van der Waals surface area contributed by atoms with Gasteiger partial charge in [0, 0.05) is 23.7 Å². The topological polar surface area (TPSA) is 69.0 Å². The molecule has 0 aliphatic carbocycles. The first kappa shape index (κ1) is 19.1. The van der Waals surface area contributed by atoms with Crippen molar-refractivity contribution in [3.63, 3.8) is 0 Å². The normalized spacial score (nSPS) is 12.2. The third-order valence-corrected chi connectivity index (χ3v) is 4.80. The molecule has 1 N–H and O–H groups in total. The maximum Gasteiger partial charge on any atom is 0.230 e. The molecule has 24 heavy (non-hydrogen) atoms. The number of benzene rings is 1. The highest BCUT2D eigenvalue weighted by Crippen LogP contribution is 2.26. The highest BCUT2D eigenvalue weighted by molar-refractivity contribution is 7.99. The fourth-order valence-electron chi connectivity index (χ4n) is 2.04. The van der Waals surface area contributed by atoms with Crippen LogP contribution in [0.3, 0.4) is 0 Å². The Kier molecular flexibility index (Phi) is 7.36. The lowest BCUT2D eigenvalue weighted by atomic mass is 10.1. The zero-order valence-corrected chi connectivity index (χ0v) is 15.7. The van der Waals surface area contributed by atoms with E-state index in [1.807, 2.05) is 17.6 Å². The molecule has 1 unspecified atom stereocenters. The maximum absolute atomic E-state index is 12.1. The molecule has 1 aromatic heterocycles. The van der Waals surface area contributed by atoms with E-state index in [1.54, 1.807) is 25.6 Å². The van der Waals surface area contributed by atoms with Gasteiger partial charge in [0.05, 0.1) is 18.4 Å². The van der Waals surface area contributed by atoms with Crippen molar-refractivity contribution in [1.82, 2.24) is 20.1 Å². The number of methoxy groups -OCH3 is 1. The number of carbonyl (C=O) groups is 1. The lowest BCUT2D eigenvalue weighted by molar-refractivity contribution is -0.119. The lowest BCUT2D eigenvalue weighted by Crippen LogP contribution is -2.28. The fourth-order valence-corrected chi connectivity index (χ4v) is 3.37. The summed E-state index contributed by atoms with van der Waals surface area (Å²) < 4.78 is 6.88. The number of ether oxygens (including phenoxy) is 1. The number of nitrogens with zero attached hydrogens (tertiary/aromatic N) is 3. The molecular weight excluding hydrogens is 371 g/mol. The Labute approximate surface area is 154 Å². The van der Waals surface area contributed by atoms with E-state index in [1.165, 1.54) is 11.8 Å². The molecule has 1 aromatic carbocycles. The molecular formula is C15H18Cl2N4O2S. The molecule has 0 spiro atoms. The molecule has 0 bridgehead atoms. The number of hydrogen-bond acceptors (Lipinski definition) is 5. The largest absolute Gasteiger partial charge is 0.383 e. The number of hydrogen-bond donors (Lipinski definition) is 1. The van der Waals surface area contributed by atoms with Crippen molar-refractivity contribution in [3.8, 4) is 0 Å². The van der Waals surface area contributed by atoms with Crippen molar-refractivity contribution < 1.29 is 9.53 Å². The van der Waals surface area contributed by atoms with Gasteiger partial charge in [0.15, 0.2) is 5.16 Å². The second-order valence-corrected chi connectivity index (χ2v) is 6.83. The number of aromatic nitrogens is 3. The van der Waals surface area contributed by atoms with Gasteiger partial charge in [0.25, 0.3) is 0 Å². The van der Waals surface area contributed by atoms with E-state index >= 15 is 0 Å². The van der Waals surface area contributed by atoms with E-state index in [0.29, 0.717) is 28.4 Å². The molecule has 0 saturated carbocycles. The Morgan fingerprint density at radius 2 is 2.25 bits per heavy atom. The van der Waals surface area contributed by atoms with Gasteiger partial charge in [-0.2, -0.15) is 0 Å². The molecule has 130 valence electrons. The molecule has 9 heteroatoms. The van der Waals surface area contributed by atoms with E-state index in [-0.39, 0.29) is 17.7 Å². The number of thioether (sulfide) groups is 1. The van der Waals surface area contributed by atoms with Crippen molar-refractivity contribution in [3.05, 3.63) is 40.1 Å². The predicted molar refractivity (Wildman–Crippen MR) is 95.6 cm³/mol. The number of halogens is 2. The van der Waals surface area contributed by atoms with Crippen LogP contribution in [0.1, 0.15) is 18.5 Å². The van der Waals surface area contributed by atoms with E-state index in [4.69, 9.17) is 27.9 Å². The van der Waals surface area contributed by atoms with Gasteiger partial charge in [0.1, 0.15) is 6.33 Å². The maximum atomic E-state index is 12.1. The molecule has 0 saturated heterocycles. The highest BCUT2D eigenvalue weighted by Gasteiger charge is 2.14. The van der Waals surface area contributed by atoms with Gasteiger partial charge in [-0.05, 0) is 24.6 Å². The van der Waals surface area contributed by atoms with Crippen molar-refractivity contribution in [1.29, 1.82) is 0 Å². The minimum atomic E-state index is -0.214. The molecule has 0 aliphatic rings. The number of rotatable bonds is 8. The van der Waals surface area contributed by atoms with Crippen LogP contribution in [0.2, 0.25) is 10.0 Å². The Hall–Kier alpha value is -1.28. The first-order valence-corrected chi connectivity index (χ1v) is 8.99. The Morgan fingerprint density at radius 1 is 1.46 bits per heavy atom. The quantitative estimate of drug-likeness (QED) is 0.703. The zero-order valence-electron chi connectivity index (χ0n) is 13.3. The Balaban J connectivity index is 1.88. The van der Waals surface area contributed by atoms with Crippen LogP contribution < -0.4 is 5.32 Å². The third kappa shape index (κ3) is 5.37. The van der Waals surface area contributed by atoms with Crippen molar-refractivity contribution in [2.75, 3.05) is 19.5 Å². The summed E-state index contributed by atoms with van der Waals surface area (Å²) in [6.45, 7) is 3.08. The molecule has 1 atom stereocenters. The summed E-state index contributed by atoms with van der Waals surface area (Å²) in [5, 5.41) is 12.5. The highest BCUT2D eigenvalue weighted by atomic mass is 35.5. The molecule has 6 nitrogen and oxygen atoms in total. The summed E-state index contributed by atoms with van der Waals surface area (Å²) in [4.78, 5) is 12.1. The van der Waals surface area contributed by atoms with Crippen LogP contribution >= 0.6 is 35.0 Å². The SMILES string of the molecule is COCCn1cnnc1SCC(=O)NC(C)c1ccc(Cl)cc1Cl. The molecule has 1 heterocycles. The van der Waals surface area contributed by atoms with E-state index in [0.717, 1.165) is 5.56 Å². The van der Waals surface area contributed by atoms with Crippen molar-refractivity contribution in [2.45, 2.75) is 24.7 Å². The van der Waals surface area contributed by atoms with Crippen LogP contribution in [0.25, 0.3) is 0 Å². The van der Waals surface area contributed by atoms with Gasteiger partial charge in [-0.25, -0.2) is 0 Å². The zero-order chi connectivity index (χ0) is 17.5. The first-order chi connectivity index (χ1) is 11.5. The Morgan fingerprint density at radius 3 is 2.96 bits per heavy atom. The number of carbonyl (C=O) groups excluding carboxylic acids is 1. The summed E-state index contributed by atoms with van der Waals surface area (Å²) >= 11 is 13.4. The van der Waals surface area contributed by atoms with Crippen LogP contribution in [0.15, 0.2) is 29.7 Å². The fraction of sp³-hybridized carbons (Fsp3) is 0.400. The Bertz CT molecular complexity index is 696. The molecule has 1 amide bonds. The number of amides is 1. The summed E-state index contributed by atoms with van der Waals surface area (Å²) in [6, 6.07) is 5.01. The third-order valence-electron chi connectivity index (χ3n) is 3.26. The van der Waals surface area contributed by atoms with Crippen LogP contribution in [-0.2, 0) is 16.1 Å². The van der Waals surface area contributed by atoms with Gasteiger partial charge in [-0.15, -0.1) is 10.2 Å². The second kappa shape index (κ2) is 9.27. The van der Waals surface area contributed by atoms with Crippen molar-refractivity contribution in [2.24, 2.45) is 0 Å². The van der Waals surface area contributed by atoms with Gasteiger partial charge in [-0.3, -0.25) is 4.79 Å². The predicted octanol–water partition coefficient (Wildman–Crippen LogP) is 3.20. The van der Waals surface area contributed by atoms with Crippen LogP contribution in [0.4, 0.5) is 0 Å². The lowest BCUT2D eigenvalue weighted by Gasteiger charge is -2.16. The average molecular weight is 389 g/mol. The first-order valence-electron chi connectivity index (χ1n) is 7.25. The monoisotopic (exact) mass is 388 g/mol. The smallest absolute Gasteiger partial charge is 0.230 e. The molecule has 0 aliphatic heterocycles. The molecule has 2 aromatic rings. The summed E-state index contributed by atoms with van der Waals surface area (Å²) in [6.07, 6.45) is 1.62. The number of nitrogens with one attached hydrogen (secondary N) is 1. The summed E-state index contributed by atoms with van der Waals surface area (Å²) in [7, 11) is 1.63. The molecule has 0 radical (unpaired) electrons. The summed E-state index contributed by atoms with van der Waals surface area (Å²) in [5.41, 5.74) is 0.822. The van der Waals surface area contributed by atoms with Gasteiger partial charge in [0.2, 0.25) is 5.91 Å². The van der Waals surface area contributed by atoms with E-state index in [9.17, 15) is 4.79 Å². The average Bonchev–Trinajstić information content (AvgIpc) is 2.98.